The molecule has 0 saturated heterocycles. The van der Waals surface area contributed by atoms with Crippen molar-refractivity contribution in [3.05, 3.63) is 29.8 Å². The Labute approximate surface area is 108 Å². The van der Waals surface area contributed by atoms with Gasteiger partial charge in [-0.25, -0.2) is 0 Å². The number of carboxylic acids is 1. The first kappa shape index (κ1) is 12.9. The Hall–Kier alpha value is -1.51. The van der Waals surface area contributed by atoms with E-state index in [0.717, 1.165) is 38.0 Å². The standard InChI is InChI=1S/C15H20O3/c1-2-9-18-13-7-4-11(5-8-13)3-6-12-10-14(12)15(16)17/h4-5,7-8,12,14H,2-3,6,9-10H2,1H3,(H,16,17). The topological polar surface area (TPSA) is 46.5 Å². The molecular weight excluding hydrogens is 228 g/mol. The fourth-order valence-corrected chi connectivity index (χ4v) is 2.19. The highest BCUT2D eigenvalue weighted by atomic mass is 16.5. The normalized spacial score (nSPS) is 21.6. The average molecular weight is 248 g/mol. The van der Waals surface area contributed by atoms with Gasteiger partial charge in [0.25, 0.3) is 0 Å². The van der Waals surface area contributed by atoms with Gasteiger partial charge in [-0.3, -0.25) is 4.79 Å². The second-order valence-corrected chi connectivity index (χ2v) is 4.97. The number of aliphatic carboxylic acids is 1. The van der Waals surface area contributed by atoms with Gasteiger partial charge in [-0.05, 0) is 49.3 Å². The molecule has 0 spiro atoms. The van der Waals surface area contributed by atoms with Gasteiger partial charge < -0.3 is 9.84 Å². The molecule has 1 fully saturated rings. The van der Waals surface area contributed by atoms with E-state index in [4.69, 9.17) is 9.84 Å². The zero-order valence-electron chi connectivity index (χ0n) is 10.8. The Morgan fingerprint density at radius 3 is 2.67 bits per heavy atom. The Morgan fingerprint density at radius 2 is 2.11 bits per heavy atom. The Morgan fingerprint density at radius 1 is 1.39 bits per heavy atom. The molecule has 18 heavy (non-hydrogen) atoms. The summed E-state index contributed by atoms with van der Waals surface area (Å²) in [5.74, 6) is 0.578. The predicted molar refractivity (Wildman–Crippen MR) is 69.8 cm³/mol. The number of benzene rings is 1. The van der Waals surface area contributed by atoms with E-state index in [1.54, 1.807) is 0 Å². The van der Waals surface area contributed by atoms with Gasteiger partial charge in [-0.15, -0.1) is 0 Å². The summed E-state index contributed by atoms with van der Waals surface area (Å²) in [6.07, 6.45) is 3.81. The van der Waals surface area contributed by atoms with Crippen LogP contribution in [0.5, 0.6) is 5.75 Å². The Balaban J connectivity index is 1.75. The number of aryl methyl sites for hydroxylation is 1. The first-order chi connectivity index (χ1) is 8.70. The molecule has 2 atom stereocenters. The third kappa shape index (κ3) is 3.49. The van der Waals surface area contributed by atoms with Gasteiger partial charge in [0, 0.05) is 0 Å². The van der Waals surface area contributed by atoms with Crippen LogP contribution in [0.2, 0.25) is 0 Å². The van der Waals surface area contributed by atoms with Crippen molar-refractivity contribution >= 4 is 5.97 Å². The number of hydrogen-bond acceptors (Lipinski definition) is 2. The van der Waals surface area contributed by atoms with E-state index in [1.165, 1.54) is 5.56 Å². The molecule has 0 aliphatic heterocycles. The first-order valence-electron chi connectivity index (χ1n) is 6.65. The molecule has 1 aliphatic carbocycles. The van der Waals surface area contributed by atoms with Crippen molar-refractivity contribution in [1.82, 2.24) is 0 Å². The molecule has 0 aromatic heterocycles. The molecule has 3 heteroatoms. The Bertz CT molecular complexity index is 397. The Kier molecular flexibility index (Phi) is 4.24. The SMILES string of the molecule is CCCOc1ccc(CCC2CC2C(=O)O)cc1. The van der Waals surface area contributed by atoms with Gasteiger partial charge in [0.2, 0.25) is 0 Å². The van der Waals surface area contributed by atoms with E-state index in [9.17, 15) is 4.79 Å². The van der Waals surface area contributed by atoms with Crippen molar-refractivity contribution < 1.29 is 14.6 Å². The summed E-state index contributed by atoms with van der Waals surface area (Å²) in [5.41, 5.74) is 1.26. The molecule has 98 valence electrons. The first-order valence-corrected chi connectivity index (χ1v) is 6.65. The lowest BCUT2D eigenvalue weighted by molar-refractivity contribution is -0.138. The van der Waals surface area contributed by atoms with Crippen molar-refractivity contribution in [3.63, 3.8) is 0 Å². The number of carbonyl (C=O) groups is 1. The van der Waals surface area contributed by atoms with Crippen LogP contribution in [0.1, 0.15) is 31.7 Å². The van der Waals surface area contributed by atoms with Gasteiger partial charge >= 0.3 is 5.97 Å². The summed E-state index contributed by atoms with van der Waals surface area (Å²) in [7, 11) is 0. The van der Waals surface area contributed by atoms with E-state index >= 15 is 0 Å². The van der Waals surface area contributed by atoms with E-state index in [2.05, 4.69) is 19.1 Å². The summed E-state index contributed by atoms with van der Waals surface area (Å²) < 4.78 is 5.52. The van der Waals surface area contributed by atoms with Crippen molar-refractivity contribution in [2.45, 2.75) is 32.6 Å². The van der Waals surface area contributed by atoms with E-state index in [1.807, 2.05) is 12.1 Å². The van der Waals surface area contributed by atoms with Crippen molar-refractivity contribution in [2.75, 3.05) is 6.61 Å². The number of rotatable bonds is 7. The highest BCUT2D eigenvalue weighted by Gasteiger charge is 2.42. The quantitative estimate of drug-likeness (QED) is 0.806. The molecular formula is C15H20O3. The van der Waals surface area contributed by atoms with Crippen LogP contribution in [0, 0.1) is 11.8 Å². The molecule has 1 saturated carbocycles. The molecule has 1 aromatic carbocycles. The van der Waals surface area contributed by atoms with E-state index in [-0.39, 0.29) is 5.92 Å². The van der Waals surface area contributed by atoms with E-state index < -0.39 is 5.97 Å². The summed E-state index contributed by atoms with van der Waals surface area (Å²) in [6, 6.07) is 8.13. The smallest absolute Gasteiger partial charge is 0.306 e. The van der Waals surface area contributed by atoms with Gasteiger partial charge in [-0.2, -0.15) is 0 Å². The molecule has 1 N–H and O–H groups in total. The average Bonchev–Trinajstić information content (AvgIpc) is 3.15. The van der Waals surface area contributed by atoms with Crippen LogP contribution < -0.4 is 4.74 Å². The highest BCUT2D eigenvalue weighted by molar-refractivity contribution is 5.73. The molecule has 1 aromatic rings. The lowest BCUT2D eigenvalue weighted by Crippen LogP contribution is -2.00. The molecule has 1 aliphatic rings. The van der Waals surface area contributed by atoms with Gasteiger partial charge in [0.15, 0.2) is 0 Å². The minimum absolute atomic E-state index is 0.0860. The summed E-state index contributed by atoms with van der Waals surface area (Å²) in [5, 5.41) is 8.82. The zero-order chi connectivity index (χ0) is 13.0. The summed E-state index contributed by atoms with van der Waals surface area (Å²) >= 11 is 0. The second-order valence-electron chi connectivity index (χ2n) is 4.97. The third-order valence-corrected chi connectivity index (χ3v) is 3.44. The minimum Gasteiger partial charge on any atom is -0.494 e. The van der Waals surface area contributed by atoms with Gasteiger partial charge in [0.1, 0.15) is 5.75 Å². The molecule has 0 amide bonds. The minimum atomic E-state index is -0.636. The second kappa shape index (κ2) is 5.89. The lowest BCUT2D eigenvalue weighted by Gasteiger charge is -2.05. The number of hydrogen-bond donors (Lipinski definition) is 1. The molecule has 0 radical (unpaired) electrons. The summed E-state index contributed by atoms with van der Waals surface area (Å²) in [6.45, 7) is 2.84. The van der Waals surface area contributed by atoms with Crippen LogP contribution in [0.15, 0.2) is 24.3 Å². The molecule has 0 bridgehead atoms. The van der Waals surface area contributed by atoms with Crippen LogP contribution >= 0.6 is 0 Å². The van der Waals surface area contributed by atoms with Crippen molar-refractivity contribution in [3.8, 4) is 5.75 Å². The molecule has 2 unspecified atom stereocenters. The maximum Gasteiger partial charge on any atom is 0.306 e. The maximum absolute atomic E-state index is 10.7. The van der Waals surface area contributed by atoms with Crippen molar-refractivity contribution in [1.29, 1.82) is 0 Å². The van der Waals surface area contributed by atoms with Crippen LogP contribution in [0.4, 0.5) is 0 Å². The van der Waals surface area contributed by atoms with E-state index in [0.29, 0.717) is 5.92 Å². The molecule has 3 nitrogen and oxygen atoms in total. The number of ether oxygens (including phenoxy) is 1. The van der Waals surface area contributed by atoms with Crippen molar-refractivity contribution in [2.24, 2.45) is 11.8 Å². The maximum atomic E-state index is 10.7. The van der Waals surface area contributed by atoms with Crippen LogP contribution in [0.3, 0.4) is 0 Å². The zero-order valence-corrected chi connectivity index (χ0v) is 10.8. The third-order valence-electron chi connectivity index (χ3n) is 3.44. The fourth-order valence-electron chi connectivity index (χ4n) is 2.19. The fraction of sp³-hybridized carbons (Fsp3) is 0.533. The van der Waals surface area contributed by atoms with Crippen LogP contribution in [-0.4, -0.2) is 17.7 Å². The van der Waals surface area contributed by atoms with Crippen LogP contribution in [-0.2, 0) is 11.2 Å². The lowest BCUT2D eigenvalue weighted by atomic mass is 10.1. The monoisotopic (exact) mass is 248 g/mol. The molecule has 2 rings (SSSR count). The van der Waals surface area contributed by atoms with Crippen LogP contribution in [0.25, 0.3) is 0 Å². The summed E-state index contributed by atoms with van der Waals surface area (Å²) in [4.78, 5) is 10.7. The predicted octanol–water partition coefficient (Wildman–Crippen LogP) is 3.13. The molecule has 0 heterocycles. The highest BCUT2D eigenvalue weighted by Crippen LogP contribution is 2.42. The largest absolute Gasteiger partial charge is 0.494 e. The van der Waals surface area contributed by atoms with Gasteiger partial charge in [-0.1, -0.05) is 19.1 Å². The number of carboxylic acid groups (broad SMARTS) is 1. The van der Waals surface area contributed by atoms with Gasteiger partial charge in [0.05, 0.1) is 12.5 Å².